The second-order valence-electron chi connectivity index (χ2n) is 7.32. The molecule has 0 spiro atoms. The minimum atomic E-state index is -0.301. The fourth-order valence-electron chi connectivity index (χ4n) is 3.54. The lowest BCUT2D eigenvalue weighted by Gasteiger charge is -2.25. The van der Waals surface area contributed by atoms with E-state index >= 15 is 0 Å². The van der Waals surface area contributed by atoms with E-state index in [4.69, 9.17) is 14.2 Å². The predicted molar refractivity (Wildman–Crippen MR) is 119 cm³/mol. The van der Waals surface area contributed by atoms with Crippen molar-refractivity contribution in [3.63, 3.8) is 0 Å². The molecular weight excluding hydrogens is 398 g/mol. The number of methoxy groups -OCH3 is 3. The summed E-state index contributed by atoms with van der Waals surface area (Å²) >= 11 is 0. The largest absolute Gasteiger partial charge is 0.497 e. The molecule has 0 saturated carbocycles. The zero-order valence-electron chi connectivity index (χ0n) is 18.2. The highest BCUT2D eigenvalue weighted by molar-refractivity contribution is 6.05. The SMILES string of the molecule is COc1ccc(C(=O)Nc2cc(OC)c(NC(=O)CN3CCCCC3)cc2OC)cc1. The first-order valence-electron chi connectivity index (χ1n) is 10.3. The molecule has 1 fully saturated rings. The molecule has 166 valence electrons. The Bertz CT molecular complexity index is 908. The van der Waals surface area contributed by atoms with Crippen molar-refractivity contribution in [1.82, 2.24) is 4.90 Å². The molecule has 0 atom stereocenters. The second kappa shape index (κ2) is 10.7. The van der Waals surface area contributed by atoms with E-state index in [0.717, 1.165) is 25.9 Å². The number of carbonyl (C=O) groups is 2. The lowest BCUT2D eigenvalue weighted by atomic mass is 10.1. The van der Waals surface area contributed by atoms with Crippen LogP contribution < -0.4 is 24.8 Å². The number of anilines is 2. The minimum absolute atomic E-state index is 0.114. The summed E-state index contributed by atoms with van der Waals surface area (Å²) in [6.07, 6.45) is 3.45. The quantitative estimate of drug-likeness (QED) is 0.671. The number of hydrogen-bond acceptors (Lipinski definition) is 6. The molecule has 1 aliphatic rings. The fourth-order valence-corrected chi connectivity index (χ4v) is 3.54. The summed E-state index contributed by atoms with van der Waals surface area (Å²) in [7, 11) is 4.58. The molecule has 2 N–H and O–H groups in total. The number of amides is 2. The van der Waals surface area contributed by atoms with Gasteiger partial charge in [0.1, 0.15) is 17.2 Å². The van der Waals surface area contributed by atoms with E-state index in [1.54, 1.807) is 43.5 Å². The zero-order valence-corrected chi connectivity index (χ0v) is 18.2. The smallest absolute Gasteiger partial charge is 0.255 e. The van der Waals surface area contributed by atoms with Crippen molar-refractivity contribution in [1.29, 1.82) is 0 Å². The summed E-state index contributed by atoms with van der Waals surface area (Å²) in [5.74, 6) is 1.09. The molecule has 0 aromatic heterocycles. The Hall–Kier alpha value is -3.26. The lowest BCUT2D eigenvalue weighted by molar-refractivity contribution is -0.117. The first-order chi connectivity index (χ1) is 15.0. The number of benzene rings is 2. The first kappa shape index (κ1) is 22.4. The number of rotatable bonds is 8. The van der Waals surface area contributed by atoms with Crippen molar-refractivity contribution in [2.24, 2.45) is 0 Å². The van der Waals surface area contributed by atoms with Crippen LogP contribution in [0.3, 0.4) is 0 Å². The maximum atomic E-state index is 12.6. The Morgan fingerprint density at radius 2 is 1.42 bits per heavy atom. The normalized spacial score (nSPS) is 13.9. The summed E-state index contributed by atoms with van der Waals surface area (Å²) < 4.78 is 16.0. The van der Waals surface area contributed by atoms with Gasteiger partial charge in [0.2, 0.25) is 5.91 Å². The number of hydrogen-bond donors (Lipinski definition) is 2. The maximum absolute atomic E-state index is 12.6. The Morgan fingerprint density at radius 3 is 1.97 bits per heavy atom. The molecule has 8 nitrogen and oxygen atoms in total. The van der Waals surface area contributed by atoms with E-state index in [0.29, 0.717) is 40.7 Å². The Kier molecular flexibility index (Phi) is 7.72. The number of ether oxygens (including phenoxy) is 3. The highest BCUT2D eigenvalue weighted by Gasteiger charge is 2.18. The molecule has 0 bridgehead atoms. The number of nitrogens with zero attached hydrogens (tertiary/aromatic N) is 1. The van der Waals surface area contributed by atoms with Crippen molar-refractivity contribution in [2.75, 3.05) is 51.6 Å². The molecule has 8 heteroatoms. The molecule has 1 aliphatic heterocycles. The van der Waals surface area contributed by atoms with Crippen LogP contribution in [0.2, 0.25) is 0 Å². The molecule has 2 aromatic rings. The number of piperidine rings is 1. The van der Waals surface area contributed by atoms with Gasteiger partial charge in [0, 0.05) is 17.7 Å². The fraction of sp³-hybridized carbons (Fsp3) is 0.391. The standard InChI is InChI=1S/C23H29N3O5/c1-29-17-9-7-16(8-10-17)23(28)25-19-14-20(30-2)18(13-21(19)31-3)24-22(27)15-26-11-5-4-6-12-26/h7-10,13-14H,4-6,11-12,15H2,1-3H3,(H,24,27)(H,25,28). The predicted octanol–water partition coefficient (Wildman–Crippen LogP) is 3.39. The van der Waals surface area contributed by atoms with Gasteiger partial charge < -0.3 is 24.8 Å². The monoisotopic (exact) mass is 427 g/mol. The van der Waals surface area contributed by atoms with Crippen molar-refractivity contribution >= 4 is 23.2 Å². The van der Waals surface area contributed by atoms with Crippen LogP contribution in [0.1, 0.15) is 29.6 Å². The van der Waals surface area contributed by atoms with Crippen LogP contribution >= 0.6 is 0 Å². The van der Waals surface area contributed by atoms with Gasteiger partial charge in [-0.2, -0.15) is 0 Å². The Labute approximate surface area is 182 Å². The summed E-state index contributed by atoms with van der Waals surface area (Å²) in [5.41, 5.74) is 1.40. The van der Waals surface area contributed by atoms with E-state index in [2.05, 4.69) is 15.5 Å². The van der Waals surface area contributed by atoms with Gasteiger partial charge in [-0.3, -0.25) is 14.5 Å². The van der Waals surface area contributed by atoms with Gasteiger partial charge in [0.25, 0.3) is 5.91 Å². The van der Waals surface area contributed by atoms with Crippen LogP contribution in [0, 0.1) is 0 Å². The summed E-state index contributed by atoms with van der Waals surface area (Å²) in [6, 6.07) is 10.1. The van der Waals surface area contributed by atoms with Crippen molar-refractivity contribution in [3.8, 4) is 17.2 Å². The minimum Gasteiger partial charge on any atom is -0.497 e. The maximum Gasteiger partial charge on any atom is 0.255 e. The topological polar surface area (TPSA) is 89.1 Å². The van der Waals surface area contributed by atoms with Crippen molar-refractivity contribution in [3.05, 3.63) is 42.0 Å². The molecule has 2 aromatic carbocycles. The van der Waals surface area contributed by atoms with Gasteiger partial charge in [-0.05, 0) is 50.2 Å². The highest BCUT2D eigenvalue weighted by Crippen LogP contribution is 2.36. The van der Waals surface area contributed by atoms with E-state index in [1.807, 2.05) is 0 Å². The first-order valence-corrected chi connectivity index (χ1v) is 10.3. The van der Waals surface area contributed by atoms with Crippen LogP contribution in [-0.2, 0) is 4.79 Å². The average molecular weight is 428 g/mol. The van der Waals surface area contributed by atoms with Crippen molar-refractivity contribution < 1.29 is 23.8 Å². The van der Waals surface area contributed by atoms with E-state index in [-0.39, 0.29) is 11.8 Å². The van der Waals surface area contributed by atoms with E-state index in [9.17, 15) is 9.59 Å². The van der Waals surface area contributed by atoms with Crippen LogP contribution in [0.4, 0.5) is 11.4 Å². The third kappa shape index (κ3) is 5.88. The van der Waals surface area contributed by atoms with Gasteiger partial charge in [-0.1, -0.05) is 6.42 Å². The molecule has 0 unspecified atom stereocenters. The van der Waals surface area contributed by atoms with Gasteiger partial charge in [0.05, 0.1) is 39.2 Å². The molecule has 0 aliphatic carbocycles. The molecule has 0 radical (unpaired) electrons. The van der Waals surface area contributed by atoms with Gasteiger partial charge in [-0.15, -0.1) is 0 Å². The Balaban J connectivity index is 1.74. The van der Waals surface area contributed by atoms with Crippen molar-refractivity contribution in [2.45, 2.75) is 19.3 Å². The highest BCUT2D eigenvalue weighted by atomic mass is 16.5. The molecule has 1 heterocycles. The Morgan fingerprint density at radius 1 is 0.839 bits per heavy atom. The molecule has 3 rings (SSSR count). The third-order valence-corrected chi connectivity index (χ3v) is 5.21. The van der Waals surface area contributed by atoms with Crippen LogP contribution in [-0.4, -0.2) is 57.7 Å². The van der Waals surface area contributed by atoms with Gasteiger partial charge in [0.15, 0.2) is 0 Å². The number of carbonyl (C=O) groups excluding carboxylic acids is 2. The second-order valence-corrected chi connectivity index (χ2v) is 7.32. The molecule has 1 saturated heterocycles. The summed E-state index contributed by atoms with van der Waals surface area (Å²) in [4.78, 5) is 27.3. The summed E-state index contributed by atoms with van der Waals surface area (Å²) in [6.45, 7) is 2.20. The zero-order chi connectivity index (χ0) is 22.2. The number of likely N-dealkylation sites (tertiary alicyclic amines) is 1. The summed E-state index contributed by atoms with van der Waals surface area (Å²) in [5, 5.41) is 5.73. The van der Waals surface area contributed by atoms with E-state index in [1.165, 1.54) is 20.6 Å². The van der Waals surface area contributed by atoms with E-state index < -0.39 is 0 Å². The number of nitrogens with one attached hydrogen (secondary N) is 2. The molecule has 31 heavy (non-hydrogen) atoms. The third-order valence-electron chi connectivity index (χ3n) is 5.21. The van der Waals surface area contributed by atoms with Crippen LogP contribution in [0.5, 0.6) is 17.2 Å². The van der Waals surface area contributed by atoms with Crippen LogP contribution in [0.15, 0.2) is 36.4 Å². The van der Waals surface area contributed by atoms with Crippen LogP contribution in [0.25, 0.3) is 0 Å². The lowest BCUT2D eigenvalue weighted by Crippen LogP contribution is -2.36. The average Bonchev–Trinajstić information content (AvgIpc) is 2.80. The molecule has 2 amide bonds. The van der Waals surface area contributed by atoms with Gasteiger partial charge in [-0.25, -0.2) is 0 Å². The van der Waals surface area contributed by atoms with Gasteiger partial charge >= 0.3 is 0 Å². The molecular formula is C23H29N3O5.